The van der Waals surface area contributed by atoms with E-state index in [4.69, 9.17) is 16.3 Å². The fourth-order valence-corrected chi connectivity index (χ4v) is 3.64. The number of sulfonamides is 1. The van der Waals surface area contributed by atoms with Crippen molar-refractivity contribution in [3.8, 4) is 5.75 Å². The van der Waals surface area contributed by atoms with Gasteiger partial charge in [-0.2, -0.15) is 0 Å². The molecule has 0 spiro atoms. The van der Waals surface area contributed by atoms with Crippen LogP contribution in [0.5, 0.6) is 5.75 Å². The molecule has 6 nitrogen and oxygen atoms in total. The third-order valence-electron chi connectivity index (χ3n) is 3.20. The third kappa shape index (κ3) is 4.18. The van der Waals surface area contributed by atoms with Gasteiger partial charge < -0.3 is 10.1 Å². The molecular formula is C16H17ClN2O4S. The molecule has 1 amide bonds. The molecule has 0 bridgehead atoms. The van der Waals surface area contributed by atoms with Gasteiger partial charge >= 0.3 is 0 Å². The second-order valence-corrected chi connectivity index (χ2v) is 7.20. The Morgan fingerprint density at radius 2 is 1.88 bits per heavy atom. The highest BCUT2D eigenvalue weighted by Gasteiger charge is 2.20. The highest BCUT2D eigenvalue weighted by molar-refractivity contribution is 7.92. The molecule has 0 aliphatic rings. The number of carbonyl (C=O) groups is 1. The van der Waals surface area contributed by atoms with Crippen LogP contribution in [0.1, 0.15) is 12.5 Å². The first-order valence-corrected chi connectivity index (χ1v) is 8.83. The molecule has 2 rings (SSSR count). The molecule has 0 saturated carbocycles. The minimum atomic E-state index is -3.89. The van der Waals surface area contributed by atoms with Crippen molar-refractivity contribution in [2.45, 2.75) is 18.7 Å². The number of amides is 1. The van der Waals surface area contributed by atoms with Crippen LogP contribution in [0, 0.1) is 6.92 Å². The Labute approximate surface area is 145 Å². The van der Waals surface area contributed by atoms with Crippen LogP contribution in [-0.4, -0.2) is 21.4 Å². The Balaban J connectivity index is 2.44. The zero-order valence-electron chi connectivity index (χ0n) is 13.4. The van der Waals surface area contributed by atoms with Crippen LogP contribution in [0.4, 0.5) is 11.4 Å². The summed E-state index contributed by atoms with van der Waals surface area (Å²) in [5, 5.41) is 2.94. The van der Waals surface area contributed by atoms with Crippen LogP contribution in [-0.2, 0) is 14.8 Å². The van der Waals surface area contributed by atoms with Crippen molar-refractivity contribution < 1.29 is 17.9 Å². The average molecular weight is 369 g/mol. The monoisotopic (exact) mass is 368 g/mol. The minimum absolute atomic E-state index is 0.0516. The summed E-state index contributed by atoms with van der Waals surface area (Å²) in [5.74, 6) is 0.0605. The van der Waals surface area contributed by atoms with Gasteiger partial charge in [-0.3, -0.25) is 9.52 Å². The van der Waals surface area contributed by atoms with Gasteiger partial charge in [0.25, 0.3) is 10.0 Å². The quantitative estimate of drug-likeness (QED) is 0.846. The summed E-state index contributed by atoms with van der Waals surface area (Å²) in [5.41, 5.74) is 1.17. The second-order valence-electron chi connectivity index (χ2n) is 5.11. The SMILES string of the molecule is COc1ccc(Cl)cc1NS(=O)(=O)c1cc(NC(C)=O)ccc1C. The molecule has 0 radical (unpaired) electrons. The highest BCUT2D eigenvalue weighted by Crippen LogP contribution is 2.31. The predicted octanol–water partition coefficient (Wildman–Crippen LogP) is 3.42. The van der Waals surface area contributed by atoms with Crippen LogP contribution < -0.4 is 14.8 Å². The number of carbonyl (C=O) groups excluding carboxylic acids is 1. The molecule has 128 valence electrons. The van der Waals surface area contributed by atoms with Gasteiger partial charge in [-0.1, -0.05) is 17.7 Å². The molecule has 0 saturated heterocycles. The predicted molar refractivity (Wildman–Crippen MR) is 94.3 cm³/mol. The number of nitrogens with one attached hydrogen (secondary N) is 2. The number of benzene rings is 2. The Morgan fingerprint density at radius 3 is 2.50 bits per heavy atom. The van der Waals surface area contributed by atoms with Gasteiger partial charge in [-0.05, 0) is 42.8 Å². The Morgan fingerprint density at radius 1 is 1.17 bits per heavy atom. The molecule has 24 heavy (non-hydrogen) atoms. The van der Waals surface area contributed by atoms with E-state index in [0.717, 1.165) is 0 Å². The van der Waals surface area contributed by atoms with Crippen LogP contribution in [0.15, 0.2) is 41.3 Å². The smallest absolute Gasteiger partial charge is 0.262 e. The maximum Gasteiger partial charge on any atom is 0.262 e. The summed E-state index contributed by atoms with van der Waals surface area (Å²) in [6.45, 7) is 3.02. The first kappa shape index (κ1) is 18.1. The fraction of sp³-hybridized carbons (Fsp3) is 0.188. The van der Waals surface area contributed by atoms with E-state index in [1.54, 1.807) is 31.2 Å². The lowest BCUT2D eigenvalue weighted by atomic mass is 10.2. The number of rotatable bonds is 5. The molecular weight excluding hydrogens is 352 g/mol. The summed E-state index contributed by atoms with van der Waals surface area (Å²) in [7, 11) is -2.46. The van der Waals surface area contributed by atoms with Gasteiger partial charge in [0.15, 0.2) is 0 Å². The summed E-state index contributed by atoms with van der Waals surface area (Å²) in [6, 6.07) is 9.29. The van der Waals surface area contributed by atoms with Gasteiger partial charge in [0, 0.05) is 17.6 Å². The van der Waals surface area contributed by atoms with Crippen molar-refractivity contribution in [3.63, 3.8) is 0 Å². The maximum absolute atomic E-state index is 12.7. The molecule has 2 N–H and O–H groups in total. The lowest BCUT2D eigenvalue weighted by Crippen LogP contribution is -2.16. The fourth-order valence-electron chi connectivity index (χ4n) is 2.13. The molecule has 0 atom stereocenters. The maximum atomic E-state index is 12.7. The van der Waals surface area contributed by atoms with Crippen LogP contribution in [0.3, 0.4) is 0 Å². The average Bonchev–Trinajstić information content (AvgIpc) is 2.48. The van der Waals surface area contributed by atoms with E-state index in [-0.39, 0.29) is 16.5 Å². The van der Waals surface area contributed by atoms with Crippen molar-refractivity contribution in [2.24, 2.45) is 0 Å². The molecule has 0 aromatic heterocycles. The van der Waals surface area contributed by atoms with E-state index in [0.29, 0.717) is 22.0 Å². The molecule has 0 unspecified atom stereocenters. The zero-order chi connectivity index (χ0) is 17.9. The molecule has 0 aliphatic heterocycles. The van der Waals surface area contributed by atoms with Gasteiger partial charge in [0.1, 0.15) is 5.75 Å². The number of halogens is 1. The third-order valence-corrected chi connectivity index (χ3v) is 4.95. The van der Waals surface area contributed by atoms with Crippen molar-refractivity contribution in [3.05, 3.63) is 47.0 Å². The molecule has 8 heteroatoms. The molecule has 0 fully saturated rings. The van der Waals surface area contributed by atoms with Crippen LogP contribution in [0.2, 0.25) is 5.02 Å². The van der Waals surface area contributed by atoms with E-state index in [1.807, 2.05) is 0 Å². The normalized spacial score (nSPS) is 11.0. The van der Waals surface area contributed by atoms with Crippen molar-refractivity contribution >= 4 is 38.9 Å². The summed E-state index contributed by atoms with van der Waals surface area (Å²) in [6.07, 6.45) is 0. The highest BCUT2D eigenvalue weighted by atomic mass is 35.5. The first-order chi connectivity index (χ1) is 11.2. The molecule has 0 aliphatic carbocycles. The molecule has 2 aromatic carbocycles. The van der Waals surface area contributed by atoms with Crippen molar-refractivity contribution in [2.75, 3.05) is 17.1 Å². The van der Waals surface area contributed by atoms with Crippen LogP contribution in [0.25, 0.3) is 0 Å². The van der Waals surface area contributed by atoms with E-state index in [9.17, 15) is 13.2 Å². The van der Waals surface area contributed by atoms with Crippen molar-refractivity contribution in [1.82, 2.24) is 0 Å². The van der Waals surface area contributed by atoms with E-state index >= 15 is 0 Å². The van der Waals surface area contributed by atoms with E-state index in [2.05, 4.69) is 10.0 Å². The van der Waals surface area contributed by atoms with Gasteiger partial charge in [-0.25, -0.2) is 8.42 Å². The lowest BCUT2D eigenvalue weighted by Gasteiger charge is -2.14. The van der Waals surface area contributed by atoms with Crippen molar-refractivity contribution in [1.29, 1.82) is 0 Å². The minimum Gasteiger partial charge on any atom is -0.495 e. The Bertz CT molecular complexity index is 882. The lowest BCUT2D eigenvalue weighted by molar-refractivity contribution is -0.114. The number of aryl methyl sites for hydroxylation is 1. The summed E-state index contributed by atoms with van der Waals surface area (Å²) < 4.78 is 33.0. The molecule has 2 aromatic rings. The Hall–Kier alpha value is -2.25. The largest absolute Gasteiger partial charge is 0.495 e. The number of anilines is 2. The Kier molecular flexibility index (Phi) is 5.36. The van der Waals surface area contributed by atoms with Crippen LogP contribution >= 0.6 is 11.6 Å². The standard InChI is InChI=1S/C16H17ClN2O4S/c1-10-4-6-13(18-11(2)20)9-16(10)24(21,22)19-14-8-12(17)5-7-15(14)23-3/h4-9,19H,1-3H3,(H,18,20). The number of hydrogen-bond donors (Lipinski definition) is 2. The van der Waals surface area contributed by atoms with Gasteiger partial charge in [0.2, 0.25) is 5.91 Å². The molecule has 0 heterocycles. The van der Waals surface area contributed by atoms with Gasteiger partial charge in [0.05, 0.1) is 17.7 Å². The number of methoxy groups -OCH3 is 1. The zero-order valence-corrected chi connectivity index (χ0v) is 15.0. The topological polar surface area (TPSA) is 84.5 Å². The number of ether oxygens (including phenoxy) is 1. The van der Waals surface area contributed by atoms with E-state index in [1.165, 1.54) is 26.2 Å². The van der Waals surface area contributed by atoms with Gasteiger partial charge in [-0.15, -0.1) is 0 Å². The number of hydrogen-bond acceptors (Lipinski definition) is 4. The van der Waals surface area contributed by atoms with E-state index < -0.39 is 10.0 Å². The first-order valence-electron chi connectivity index (χ1n) is 6.97. The summed E-state index contributed by atoms with van der Waals surface area (Å²) in [4.78, 5) is 11.2. The summed E-state index contributed by atoms with van der Waals surface area (Å²) >= 11 is 5.92. The second kappa shape index (κ2) is 7.11.